The van der Waals surface area contributed by atoms with Gasteiger partial charge in [-0.05, 0) is 35.0 Å². The van der Waals surface area contributed by atoms with Crippen LogP contribution < -0.4 is 10.2 Å². The molecular formula is C23H20N2O3. The average molecular weight is 372 g/mol. The maximum Gasteiger partial charge on any atom is 0.266 e. The van der Waals surface area contributed by atoms with Crippen molar-refractivity contribution >= 4 is 39.9 Å². The standard InChI is InChI=1S/C23H20N2O3/c1-23(2,3)22(28)24-18-10-6-7-11-19(18)25-20(26)16-12-14-8-4-5-9-15(14)13-17(16)21(25)27/h4-13H,1-3H3,(H,24,28). The molecule has 5 nitrogen and oxygen atoms in total. The first-order chi connectivity index (χ1) is 13.3. The summed E-state index contributed by atoms with van der Waals surface area (Å²) in [6.07, 6.45) is 0. The first-order valence-corrected chi connectivity index (χ1v) is 9.09. The number of rotatable bonds is 2. The Labute approximate surface area is 163 Å². The molecule has 0 atom stereocenters. The molecule has 0 aromatic heterocycles. The summed E-state index contributed by atoms with van der Waals surface area (Å²) in [7, 11) is 0. The number of nitrogens with one attached hydrogen (secondary N) is 1. The summed E-state index contributed by atoms with van der Waals surface area (Å²) in [4.78, 5) is 39.7. The van der Waals surface area contributed by atoms with Crippen LogP contribution in [0.4, 0.5) is 11.4 Å². The quantitative estimate of drug-likeness (QED) is 0.667. The third-order valence-electron chi connectivity index (χ3n) is 4.83. The van der Waals surface area contributed by atoms with E-state index in [0.29, 0.717) is 22.5 Å². The molecule has 1 aliphatic rings. The van der Waals surface area contributed by atoms with E-state index in [1.165, 1.54) is 0 Å². The van der Waals surface area contributed by atoms with Gasteiger partial charge >= 0.3 is 0 Å². The zero-order valence-corrected chi connectivity index (χ0v) is 15.9. The highest BCUT2D eigenvalue weighted by Gasteiger charge is 2.38. The lowest BCUT2D eigenvalue weighted by Gasteiger charge is -2.22. The van der Waals surface area contributed by atoms with Crippen molar-refractivity contribution < 1.29 is 14.4 Å². The van der Waals surface area contributed by atoms with Crippen LogP contribution in [0.3, 0.4) is 0 Å². The van der Waals surface area contributed by atoms with E-state index in [1.807, 2.05) is 24.3 Å². The molecule has 0 bridgehead atoms. The zero-order valence-electron chi connectivity index (χ0n) is 15.9. The molecule has 0 unspecified atom stereocenters. The number of imide groups is 1. The van der Waals surface area contributed by atoms with Crippen LogP contribution in [0, 0.1) is 5.41 Å². The van der Waals surface area contributed by atoms with E-state index in [-0.39, 0.29) is 17.7 Å². The van der Waals surface area contributed by atoms with Crippen LogP contribution in [0.2, 0.25) is 0 Å². The first-order valence-electron chi connectivity index (χ1n) is 9.09. The minimum Gasteiger partial charge on any atom is -0.324 e. The summed E-state index contributed by atoms with van der Waals surface area (Å²) in [6.45, 7) is 5.41. The molecule has 4 rings (SSSR count). The molecule has 0 spiro atoms. The van der Waals surface area contributed by atoms with E-state index in [2.05, 4.69) is 5.32 Å². The van der Waals surface area contributed by atoms with Gasteiger partial charge in [-0.3, -0.25) is 14.4 Å². The molecule has 1 N–H and O–H groups in total. The van der Waals surface area contributed by atoms with Crippen molar-refractivity contribution in [3.63, 3.8) is 0 Å². The monoisotopic (exact) mass is 372 g/mol. The Hall–Kier alpha value is -3.47. The topological polar surface area (TPSA) is 66.5 Å². The summed E-state index contributed by atoms with van der Waals surface area (Å²) < 4.78 is 0. The maximum absolute atomic E-state index is 13.1. The molecule has 1 heterocycles. The molecule has 3 aromatic rings. The van der Waals surface area contributed by atoms with E-state index in [9.17, 15) is 14.4 Å². The second-order valence-electron chi connectivity index (χ2n) is 7.91. The third kappa shape index (κ3) is 2.85. The predicted octanol–water partition coefficient (Wildman–Crippen LogP) is 4.63. The van der Waals surface area contributed by atoms with Gasteiger partial charge in [0.2, 0.25) is 5.91 Å². The highest BCUT2D eigenvalue weighted by atomic mass is 16.2. The second-order valence-corrected chi connectivity index (χ2v) is 7.91. The summed E-state index contributed by atoms with van der Waals surface area (Å²) in [6, 6.07) is 18.0. The third-order valence-corrected chi connectivity index (χ3v) is 4.83. The fourth-order valence-electron chi connectivity index (χ4n) is 3.23. The lowest BCUT2D eigenvalue weighted by molar-refractivity contribution is -0.123. The Bertz CT molecular complexity index is 1090. The highest BCUT2D eigenvalue weighted by molar-refractivity contribution is 6.36. The number of hydrogen-bond acceptors (Lipinski definition) is 3. The lowest BCUT2D eigenvalue weighted by Crippen LogP contribution is -2.32. The van der Waals surface area contributed by atoms with Crippen molar-refractivity contribution in [1.82, 2.24) is 0 Å². The molecule has 1 aliphatic heterocycles. The van der Waals surface area contributed by atoms with Crippen LogP contribution in [0.5, 0.6) is 0 Å². The number of nitrogens with zero attached hydrogens (tertiary/aromatic N) is 1. The van der Waals surface area contributed by atoms with Crippen molar-refractivity contribution in [2.75, 3.05) is 10.2 Å². The number of fused-ring (bicyclic) bond motifs is 2. The van der Waals surface area contributed by atoms with Crippen LogP contribution in [0.25, 0.3) is 10.8 Å². The van der Waals surface area contributed by atoms with E-state index in [0.717, 1.165) is 15.7 Å². The molecule has 28 heavy (non-hydrogen) atoms. The number of para-hydroxylation sites is 2. The van der Waals surface area contributed by atoms with E-state index in [4.69, 9.17) is 0 Å². The number of amides is 3. The molecule has 5 heteroatoms. The summed E-state index contributed by atoms with van der Waals surface area (Å²) >= 11 is 0. The predicted molar refractivity (Wildman–Crippen MR) is 110 cm³/mol. The van der Waals surface area contributed by atoms with Gasteiger partial charge in [-0.1, -0.05) is 57.2 Å². The molecule has 140 valence electrons. The van der Waals surface area contributed by atoms with E-state index < -0.39 is 5.41 Å². The molecular weight excluding hydrogens is 352 g/mol. The molecule has 0 aliphatic carbocycles. The number of benzene rings is 3. The van der Waals surface area contributed by atoms with E-state index >= 15 is 0 Å². The number of hydrogen-bond donors (Lipinski definition) is 1. The summed E-state index contributed by atoms with van der Waals surface area (Å²) in [5.74, 6) is -0.964. The van der Waals surface area contributed by atoms with Gasteiger partial charge < -0.3 is 5.32 Å². The maximum atomic E-state index is 13.1. The van der Waals surface area contributed by atoms with Gasteiger partial charge in [0.25, 0.3) is 11.8 Å². The molecule has 3 aromatic carbocycles. The van der Waals surface area contributed by atoms with Crippen LogP contribution in [0.15, 0.2) is 60.7 Å². The Kier molecular flexibility index (Phi) is 4.03. The highest BCUT2D eigenvalue weighted by Crippen LogP contribution is 2.35. The number of carbonyl (C=O) groups excluding carboxylic acids is 3. The minimum atomic E-state index is -0.604. The van der Waals surface area contributed by atoms with Crippen molar-refractivity contribution in [3.8, 4) is 0 Å². The van der Waals surface area contributed by atoms with E-state index in [1.54, 1.807) is 57.2 Å². The summed E-state index contributed by atoms with van der Waals surface area (Å²) in [5, 5.41) is 4.65. The van der Waals surface area contributed by atoms with Gasteiger partial charge in [0, 0.05) is 5.41 Å². The SMILES string of the molecule is CC(C)(C)C(=O)Nc1ccccc1N1C(=O)c2cc3ccccc3cc2C1=O. The molecule has 0 radical (unpaired) electrons. The van der Waals surface area contributed by atoms with Crippen molar-refractivity contribution in [1.29, 1.82) is 0 Å². The second kappa shape index (κ2) is 6.30. The fourth-order valence-corrected chi connectivity index (χ4v) is 3.23. The van der Waals surface area contributed by atoms with Crippen LogP contribution in [0.1, 0.15) is 41.5 Å². The van der Waals surface area contributed by atoms with Gasteiger partial charge in [-0.25, -0.2) is 4.90 Å². The molecule has 0 saturated heterocycles. The van der Waals surface area contributed by atoms with Gasteiger partial charge in [0.1, 0.15) is 0 Å². The largest absolute Gasteiger partial charge is 0.324 e. The Morgan fingerprint density at radius 3 is 1.86 bits per heavy atom. The van der Waals surface area contributed by atoms with Gasteiger partial charge in [-0.2, -0.15) is 0 Å². The smallest absolute Gasteiger partial charge is 0.266 e. The molecule has 0 fully saturated rings. The van der Waals surface area contributed by atoms with Crippen LogP contribution >= 0.6 is 0 Å². The molecule has 0 saturated carbocycles. The average Bonchev–Trinajstić information content (AvgIpc) is 2.90. The lowest BCUT2D eigenvalue weighted by atomic mass is 9.95. The Morgan fingerprint density at radius 2 is 1.32 bits per heavy atom. The number of carbonyl (C=O) groups is 3. The minimum absolute atomic E-state index is 0.192. The summed E-state index contributed by atoms with van der Waals surface area (Å²) in [5.41, 5.74) is 0.949. The molecule has 3 amide bonds. The van der Waals surface area contributed by atoms with Crippen molar-refractivity contribution in [2.45, 2.75) is 20.8 Å². The van der Waals surface area contributed by atoms with Gasteiger partial charge in [-0.15, -0.1) is 0 Å². The fraction of sp³-hybridized carbons (Fsp3) is 0.174. The zero-order chi connectivity index (χ0) is 20.1. The number of anilines is 2. The van der Waals surface area contributed by atoms with Crippen LogP contribution in [-0.2, 0) is 4.79 Å². The Balaban J connectivity index is 1.79. The van der Waals surface area contributed by atoms with Gasteiger partial charge in [0.05, 0.1) is 22.5 Å². The van der Waals surface area contributed by atoms with Gasteiger partial charge in [0.15, 0.2) is 0 Å². The van der Waals surface area contributed by atoms with Crippen molar-refractivity contribution in [2.24, 2.45) is 5.41 Å². The normalized spacial score (nSPS) is 13.8. The van der Waals surface area contributed by atoms with Crippen LogP contribution in [-0.4, -0.2) is 17.7 Å². The van der Waals surface area contributed by atoms with Crippen molar-refractivity contribution in [3.05, 3.63) is 71.8 Å². The Morgan fingerprint density at radius 1 is 0.821 bits per heavy atom. The first kappa shape index (κ1) is 17.9.